The van der Waals surface area contributed by atoms with Gasteiger partial charge in [0, 0.05) is 32.2 Å². The van der Waals surface area contributed by atoms with Crippen molar-refractivity contribution in [3.63, 3.8) is 0 Å². The molecule has 2 aromatic carbocycles. The van der Waals surface area contributed by atoms with Crippen molar-refractivity contribution in [2.75, 3.05) is 13.6 Å². The number of fused-ring (bicyclic) bond motifs is 1. The Morgan fingerprint density at radius 2 is 1.88 bits per heavy atom. The maximum Gasteiger partial charge on any atom is 0.191 e. The van der Waals surface area contributed by atoms with Gasteiger partial charge >= 0.3 is 0 Å². The number of aromatic nitrogens is 2. The van der Waals surface area contributed by atoms with Crippen LogP contribution in [0.25, 0.3) is 11.0 Å². The Balaban J connectivity index is 1.56. The number of hydrogen-bond donors (Lipinski definition) is 2. The monoisotopic (exact) mass is 339 g/mol. The fourth-order valence-electron chi connectivity index (χ4n) is 2.81. The number of hydrogen-bond acceptors (Lipinski definition) is 2. The highest BCUT2D eigenvalue weighted by Crippen LogP contribution is 2.14. The molecule has 0 aliphatic carbocycles. The van der Waals surface area contributed by atoms with E-state index in [1.165, 1.54) is 6.07 Å². The van der Waals surface area contributed by atoms with Crippen LogP contribution >= 0.6 is 0 Å². The van der Waals surface area contributed by atoms with Gasteiger partial charge in [0.25, 0.3) is 0 Å². The molecule has 0 aliphatic heterocycles. The fraction of sp³-hybridized carbons (Fsp3) is 0.263. The van der Waals surface area contributed by atoms with Crippen molar-refractivity contribution >= 4 is 17.0 Å². The number of benzene rings is 2. The highest BCUT2D eigenvalue weighted by Gasteiger charge is 2.07. The first-order chi connectivity index (χ1) is 12.2. The van der Waals surface area contributed by atoms with Crippen LogP contribution in [0.2, 0.25) is 0 Å². The van der Waals surface area contributed by atoms with E-state index in [1.807, 2.05) is 31.2 Å². The van der Waals surface area contributed by atoms with Crippen molar-refractivity contribution in [3.05, 3.63) is 65.7 Å². The highest BCUT2D eigenvalue weighted by molar-refractivity contribution is 5.79. The largest absolute Gasteiger partial charge is 0.355 e. The van der Waals surface area contributed by atoms with Gasteiger partial charge in [-0.05, 0) is 25.1 Å². The van der Waals surface area contributed by atoms with Gasteiger partial charge in [0.05, 0.1) is 11.0 Å². The van der Waals surface area contributed by atoms with Crippen molar-refractivity contribution < 1.29 is 4.39 Å². The van der Waals surface area contributed by atoms with Crippen LogP contribution < -0.4 is 10.6 Å². The van der Waals surface area contributed by atoms with E-state index in [0.717, 1.165) is 23.4 Å². The lowest BCUT2D eigenvalue weighted by Gasteiger charge is -2.13. The van der Waals surface area contributed by atoms with Gasteiger partial charge in [-0.2, -0.15) is 0 Å². The fourth-order valence-corrected chi connectivity index (χ4v) is 2.81. The number of nitrogens with zero attached hydrogens (tertiary/aromatic N) is 3. The average Bonchev–Trinajstić information content (AvgIpc) is 2.94. The van der Waals surface area contributed by atoms with E-state index in [4.69, 9.17) is 0 Å². The summed E-state index contributed by atoms with van der Waals surface area (Å²) in [7, 11) is 1.70. The lowest BCUT2D eigenvalue weighted by Crippen LogP contribution is -2.38. The van der Waals surface area contributed by atoms with Crippen molar-refractivity contribution in [3.8, 4) is 0 Å². The number of aryl methyl sites for hydroxylation is 1. The molecule has 6 heteroatoms. The molecular weight excluding hydrogens is 317 g/mol. The smallest absolute Gasteiger partial charge is 0.191 e. The Hall–Kier alpha value is -2.89. The predicted octanol–water partition coefficient (Wildman–Crippen LogP) is 2.85. The number of halogens is 1. The number of aliphatic imine (C=N–C) groups is 1. The number of nitrogens with one attached hydrogen (secondary N) is 2. The van der Waals surface area contributed by atoms with Gasteiger partial charge in [-0.1, -0.05) is 30.3 Å². The minimum atomic E-state index is -0.217. The van der Waals surface area contributed by atoms with E-state index < -0.39 is 0 Å². The summed E-state index contributed by atoms with van der Waals surface area (Å²) in [5.74, 6) is 1.41. The molecule has 0 saturated heterocycles. The topological polar surface area (TPSA) is 54.2 Å². The summed E-state index contributed by atoms with van der Waals surface area (Å²) in [6, 6.07) is 14.8. The third kappa shape index (κ3) is 3.96. The number of guanidine groups is 1. The van der Waals surface area contributed by atoms with Crippen molar-refractivity contribution in [2.45, 2.75) is 20.0 Å². The van der Waals surface area contributed by atoms with Crippen LogP contribution in [0.3, 0.4) is 0 Å². The van der Waals surface area contributed by atoms with Crippen molar-refractivity contribution in [2.24, 2.45) is 4.99 Å². The zero-order valence-corrected chi connectivity index (χ0v) is 14.5. The summed E-state index contributed by atoms with van der Waals surface area (Å²) in [5.41, 5.74) is 2.74. The van der Waals surface area contributed by atoms with Gasteiger partial charge in [0.15, 0.2) is 5.96 Å². The molecule has 0 atom stereocenters. The SMILES string of the molecule is CN=C(NCCn1c(C)nc2ccccc21)NCc1ccccc1F. The maximum absolute atomic E-state index is 13.7. The lowest BCUT2D eigenvalue weighted by atomic mass is 10.2. The first kappa shape index (κ1) is 17.0. The molecule has 0 saturated carbocycles. The molecule has 25 heavy (non-hydrogen) atoms. The quantitative estimate of drug-likeness (QED) is 0.555. The minimum absolute atomic E-state index is 0.217. The summed E-state index contributed by atoms with van der Waals surface area (Å²) in [6.07, 6.45) is 0. The molecule has 130 valence electrons. The average molecular weight is 339 g/mol. The molecule has 1 heterocycles. The van der Waals surface area contributed by atoms with E-state index in [1.54, 1.807) is 19.2 Å². The summed E-state index contributed by atoms with van der Waals surface area (Å²) in [4.78, 5) is 8.75. The molecule has 3 rings (SSSR count). The summed E-state index contributed by atoms with van der Waals surface area (Å²) < 4.78 is 15.8. The molecule has 0 bridgehead atoms. The molecule has 0 fully saturated rings. The molecule has 0 amide bonds. The Kier molecular flexibility index (Phi) is 5.28. The molecule has 0 radical (unpaired) electrons. The zero-order valence-electron chi connectivity index (χ0n) is 14.5. The molecule has 1 aromatic heterocycles. The van der Waals surface area contributed by atoms with Crippen LogP contribution in [0.5, 0.6) is 0 Å². The van der Waals surface area contributed by atoms with Crippen LogP contribution in [0.1, 0.15) is 11.4 Å². The molecule has 5 nitrogen and oxygen atoms in total. The van der Waals surface area contributed by atoms with Gasteiger partial charge < -0.3 is 15.2 Å². The minimum Gasteiger partial charge on any atom is -0.355 e. The third-order valence-corrected chi connectivity index (χ3v) is 4.10. The Morgan fingerprint density at radius 3 is 2.68 bits per heavy atom. The van der Waals surface area contributed by atoms with Crippen LogP contribution in [0.4, 0.5) is 4.39 Å². The molecule has 3 aromatic rings. The maximum atomic E-state index is 13.7. The normalized spacial score (nSPS) is 11.7. The second-order valence-electron chi connectivity index (χ2n) is 5.74. The van der Waals surface area contributed by atoms with Crippen LogP contribution in [-0.4, -0.2) is 29.1 Å². The molecule has 2 N–H and O–H groups in total. The van der Waals surface area contributed by atoms with Crippen molar-refractivity contribution in [1.29, 1.82) is 0 Å². The van der Waals surface area contributed by atoms with Crippen LogP contribution in [-0.2, 0) is 13.1 Å². The van der Waals surface area contributed by atoms with E-state index in [2.05, 4.69) is 31.2 Å². The molecule has 0 aliphatic rings. The lowest BCUT2D eigenvalue weighted by molar-refractivity contribution is 0.603. The summed E-state index contributed by atoms with van der Waals surface area (Å²) >= 11 is 0. The van der Waals surface area contributed by atoms with E-state index in [0.29, 0.717) is 24.6 Å². The van der Waals surface area contributed by atoms with Gasteiger partial charge in [0.2, 0.25) is 0 Å². The standard InChI is InChI=1S/C19H22FN5/c1-14-24-17-9-5-6-10-18(17)25(14)12-11-22-19(21-2)23-13-15-7-3-4-8-16(15)20/h3-10H,11-13H2,1-2H3,(H2,21,22,23). The van der Waals surface area contributed by atoms with E-state index in [-0.39, 0.29) is 5.82 Å². The first-order valence-corrected chi connectivity index (χ1v) is 8.29. The van der Waals surface area contributed by atoms with E-state index in [9.17, 15) is 4.39 Å². The number of para-hydroxylation sites is 2. The van der Waals surface area contributed by atoms with Crippen LogP contribution in [0, 0.1) is 12.7 Å². The zero-order chi connectivity index (χ0) is 17.6. The van der Waals surface area contributed by atoms with Gasteiger partial charge in [0.1, 0.15) is 11.6 Å². The van der Waals surface area contributed by atoms with Gasteiger partial charge in [-0.3, -0.25) is 4.99 Å². The Labute approximate surface area is 146 Å². The molecule has 0 spiro atoms. The second kappa shape index (κ2) is 7.79. The summed E-state index contributed by atoms with van der Waals surface area (Å²) in [6.45, 7) is 3.86. The third-order valence-electron chi connectivity index (χ3n) is 4.10. The highest BCUT2D eigenvalue weighted by atomic mass is 19.1. The first-order valence-electron chi connectivity index (χ1n) is 8.29. The van der Waals surface area contributed by atoms with Gasteiger partial charge in [-0.25, -0.2) is 9.37 Å². The molecule has 0 unspecified atom stereocenters. The Bertz CT molecular complexity index is 884. The number of rotatable bonds is 5. The van der Waals surface area contributed by atoms with E-state index >= 15 is 0 Å². The van der Waals surface area contributed by atoms with Gasteiger partial charge in [-0.15, -0.1) is 0 Å². The van der Waals surface area contributed by atoms with Crippen LogP contribution in [0.15, 0.2) is 53.5 Å². The predicted molar refractivity (Wildman–Crippen MR) is 99.1 cm³/mol. The van der Waals surface area contributed by atoms with Crippen molar-refractivity contribution in [1.82, 2.24) is 20.2 Å². The molecular formula is C19H22FN5. The second-order valence-corrected chi connectivity index (χ2v) is 5.74. The summed E-state index contributed by atoms with van der Waals surface area (Å²) in [5, 5.41) is 6.39. The Morgan fingerprint density at radius 1 is 1.12 bits per heavy atom. The number of imidazole rings is 1.